The summed E-state index contributed by atoms with van der Waals surface area (Å²) in [7, 11) is 0. The van der Waals surface area contributed by atoms with E-state index >= 15 is 0 Å². The quantitative estimate of drug-likeness (QED) is 0.383. The minimum absolute atomic E-state index is 0. The summed E-state index contributed by atoms with van der Waals surface area (Å²) in [5.74, 6) is 1.29. The van der Waals surface area contributed by atoms with E-state index < -0.39 is 0 Å². The van der Waals surface area contributed by atoms with Crippen LogP contribution < -0.4 is 21.1 Å². The first kappa shape index (κ1) is 28.8. The maximum Gasteiger partial charge on any atom is 0.153 e. The molecule has 4 N–H and O–H groups in total. The van der Waals surface area contributed by atoms with Crippen LogP contribution in [0.3, 0.4) is 0 Å². The Hall–Kier alpha value is -2.28. The van der Waals surface area contributed by atoms with E-state index in [4.69, 9.17) is 10.5 Å². The van der Waals surface area contributed by atoms with Crippen LogP contribution in [0, 0.1) is 0 Å². The number of halogens is 3. The molecule has 8 heteroatoms. The number of amidine groups is 1. The van der Waals surface area contributed by atoms with Crippen LogP contribution in [-0.2, 0) is 13.1 Å². The van der Waals surface area contributed by atoms with Gasteiger partial charge in [0.25, 0.3) is 0 Å². The van der Waals surface area contributed by atoms with Crippen molar-refractivity contribution in [2.24, 2.45) is 10.7 Å². The molecule has 2 unspecified atom stereocenters. The van der Waals surface area contributed by atoms with Crippen LogP contribution in [0.15, 0.2) is 83.9 Å². The summed E-state index contributed by atoms with van der Waals surface area (Å²) in [5, 5.41) is 7.26. The Labute approximate surface area is 214 Å². The number of aliphatic imine (C=N–C) groups is 1. The molecular formula is C25H31Cl3N4O. The standard InChI is InChI=1S/C25H28N4O.3ClH/c1-18-25(26)29-22-14-21(12-13-24(22)30-18)23(28-16-20-10-6-3-7-11-20)17-27-15-19-8-4-2-5-9-19;;;/h2-14,18,23,27-28H,15-17H2,1H3,(H2,26,29);3*1H. The number of ether oxygens (including phenoxy) is 1. The molecule has 3 aromatic carbocycles. The highest BCUT2D eigenvalue weighted by Gasteiger charge is 2.20. The fourth-order valence-electron chi connectivity index (χ4n) is 3.52. The molecule has 0 saturated heterocycles. The predicted octanol–water partition coefficient (Wildman–Crippen LogP) is 5.34. The Bertz CT molecular complexity index is 1000. The first-order valence-corrected chi connectivity index (χ1v) is 10.4. The van der Waals surface area contributed by atoms with Gasteiger partial charge in [0.05, 0.1) is 0 Å². The van der Waals surface area contributed by atoms with E-state index in [1.54, 1.807) is 0 Å². The lowest BCUT2D eigenvalue weighted by atomic mass is 10.0. The summed E-state index contributed by atoms with van der Waals surface area (Å²) >= 11 is 0. The third-order valence-electron chi connectivity index (χ3n) is 5.27. The molecule has 4 rings (SSSR count). The van der Waals surface area contributed by atoms with Gasteiger partial charge in [-0.05, 0) is 35.7 Å². The minimum Gasteiger partial charge on any atom is -0.481 e. The van der Waals surface area contributed by atoms with E-state index in [1.165, 1.54) is 11.1 Å². The largest absolute Gasteiger partial charge is 0.481 e. The van der Waals surface area contributed by atoms with Crippen LogP contribution in [-0.4, -0.2) is 18.5 Å². The number of nitrogens with zero attached hydrogens (tertiary/aromatic N) is 1. The van der Waals surface area contributed by atoms with Crippen LogP contribution >= 0.6 is 37.2 Å². The zero-order valence-corrected chi connectivity index (χ0v) is 20.9. The van der Waals surface area contributed by atoms with Gasteiger partial charge in [-0.25, -0.2) is 4.99 Å². The molecule has 0 spiro atoms. The topological polar surface area (TPSA) is 71.7 Å². The first-order valence-electron chi connectivity index (χ1n) is 10.4. The van der Waals surface area contributed by atoms with Gasteiger partial charge in [-0.3, -0.25) is 0 Å². The molecule has 0 aromatic heterocycles. The van der Waals surface area contributed by atoms with Crippen molar-refractivity contribution >= 4 is 48.7 Å². The second-order valence-corrected chi connectivity index (χ2v) is 7.56. The van der Waals surface area contributed by atoms with Crippen molar-refractivity contribution in [3.05, 3.63) is 95.6 Å². The molecule has 0 amide bonds. The number of nitrogens with one attached hydrogen (secondary N) is 2. The van der Waals surface area contributed by atoms with Crippen molar-refractivity contribution in [3.8, 4) is 5.75 Å². The molecule has 0 fully saturated rings. The smallest absolute Gasteiger partial charge is 0.153 e. The summed E-state index contributed by atoms with van der Waals surface area (Å²) in [4.78, 5) is 4.54. The minimum atomic E-state index is -0.192. The molecule has 1 aliphatic rings. The summed E-state index contributed by atoms with van der Waals surface area (Å²) in [6.07, 6.45) is -0.192. The van der Waals surface area contributed by atoms with Crippen LogP contribution in [0.4, 0.5) is 5.69 Å². The molecule has 0 bridgehead atoms. The average molecular weight is 510 g/mol. The van der Waals surface area contributed by atoms with E-state index in [0.29, 0.717) is 5.84 Å². The highest BCUT2D eigenvalue weighted by molar-refractivity contribution is 5.89. The summed E-state index contributed by atoms with van der Waals surface area (Å²) in [6.45, 7) is 4.31. The Kier molecular flexibility index (Phi) is 12.3. The number of benzene rings is 3. The molecule has 5 nitrogen and oxygen atoms in total. The number of rotatable bonds is 8. The zero-order chi connectivity index (χ0) is 20.8. The summed E-state index contributed by atoms with van der Waals surface area (Å²) in [5.41, 5.74) is 10.5. The highest BCUT2D eigenvalue weighted by Crippen LogP contribution is 2.34. The van der Waals surface area contributed by atoms with Crippen LogP contribution in [0.2, 0.25) is 0 Å². The van der Waals surface area contributed by atoms with Gasteiger partial charge in [0.2, 0.25) is 0 Å². The van der Waals surface area contributed by atoms with E-state index in [0.717, 1.165) is 36.6 Å². The molecule has 33 heavy (non-hydrogen) atoms. The first-order chi connectivity index (χ1) is 14.7. The second-order valence-electron chi connectivity index (χ2n) is 7.56. The van der Waals surface area contributed by atoms with Gasteiger partial charge in [0.1, 0.15) is 17.3 Å². The molecule has 178 valence electrons. The third-order valence-corrected chi connectivity index (χ3v) is 5.27. The molecule has 3 aromatic rings. The molecule has 1 aliphatic heterocycles. The monoisotopic (exact) mass is 508 g/mol. The van der Waals surface area contributed by atoms with Gasteiger partial charge >= 0.3 is 0 Å². The zero-order valence-electron chi connectivity index (χ0n) is 18.4. The molecule has 2 atom stereocenters. The van der Waals surface area contributed by atoms with Gasteiger partial charge in [-0.15, -0.1) is 37.2 Å². The Morgan fingerprint density at radius 1 is 0.879 bits per heavy atom. The highest BCUT2D eigenvalue weighted by atomic mass is 35.5. The SMILES string of the molecule is CC1Oc2ccc(C(CNCc3ccccc3)NCc3ccccc3)cc2N=C1N.Cl.Cl.Cl. The van der Waals surface area contributed by atoms with Crippen molar-refractivity contribution in [1.82, 2.24) is 10.6 Å². The van der Waals surface area contributed by atoms with Gasteiger partial charge < -0.3 is 21.1 Å². The Morgan fingerprint density at radius 3 is 2.12 bits per heavy atom. The van der Waals surface area contributed by atoms with Gasteiger partial charge in [0, 0.05) is 25.7 Å². The van der Waals surface area contributed by atoms with E-state index in [-0.39, 0.29) is 49.4 Å². The van der Waals surface area contributed by atoms with Gasteiger partial charge in [-0.1, -0.05) is 66.7 Å². The van der Waals surface area contributed by atoms with Gasteiger partial charge in [-0.2, -0.15) is 0 Å². The molecule has 0 radical (unpaired) electrons. The van der Waals surface area contributed by atoms with Crippen molar-refractivity contribution in [2.75, 3.05) is 6.54 Å². The van der Waals surface area contributed by atoms with Crippen molar-refractivity contribution < 1.29 is 4.74 Å². The average Bonchev–Trinajstić information content (AvgIpc) is 2.78. The molecular weight excluding hydrogens is 479 g/mol. The van der Waals surface area contributed by atoms with Crippen LogP contribution in [0.25, 0.3) is 0 Å². The van der Waals surface area contributed by atoms with Crippen LogP contribution in [0.5, 0.6) is 5.75 Å². The van der Waals surface area contributed by atoms with Gasteiger partial charge in [0.15, 0.2) is 6.10 Å². The van der Waals surface area contributed by atoms with Crippen LogP contribution in [0.1, 0.15) is 29.7 Å². The molecule has 0 aliphatic carbocycles. The van der Waals surface area contributed by atoms with Crippen molar-refractivity contribution in [3.63, 3.8) is 0 Å². The fourth-order valence-corrected chi connectivity index (χ4v) is 3.52. The fraction of sp³-hybridized carbons (Fsp3) is 0.240. The summed E-state index contributed by atoms with van der Waals surface area (Å²) < 4.78 is 5.86. The molecule has 1 heterocycles. The van der Waals surface area contributed by atoms with E-state index in [2.05, 4.69) is 76.3 Å². The number of nitrogens with two attached hydrogens (primary N) is 1. The third kappa shape index (κ3) is 7.91. The Morgan fingerprint density at radius 2 is 1.48 bits per heavy atom. The lowest BCUT2D eigenvalue weighted by Gasteiger charge is -2.24. The predicted molar refractivity (Wildman–Crippen MR) is 144 cm³/mol. The van der Waals surface area contributed by atoms with Crippen molar-refractivity contribution in [1.29, 1.82) is 0 Å². The maximum absolute atomic E-state index is 6.00. The van der Waals surface area contributed by atoms with E-state index in [1.807, 2.05) is 25.1 Å². The number of hydrogen-bond donors (Lipinski definition) is 3. The van der Waals surface area contributed by atoms with Crippen molar-refractivity contribution in [2.45, 2.75) is 32.2 Å². The van der Waals surface area contributed by atoms with E-state index in [9.17, 15) is 0 Å². The number of fused-ring (bicyclic) bond motifs is 1. The lowest BCUT2D eigenvalue weighted by Crippen LogP contribution is -2.33. The lowest BCUT2D eigenvalue weighted by molar-refractivity contribution is 0.281. The second kappa shape index (κ2) is 14.1. The molecule has 0 saturated carbocycles. The Balaban J connectivity index is 0.00000181. The summed E-state index contributed by atoms with van der Waals surface area (Å²) in [6, 6.07) is 27.2. The number of hydrogen-bond acceptors (Lipinski definition) is 5. The maximum atomic E-state index is 6.00. The normalized spacial score (nSPS) is 14.8.